The van der Waals surface area contributed by atoms with E-state index >= 15 is 0 Å². The predicted octanol–water partition coefficient (Wildman–Crippen LogP) is 1.40. The third-order valence-corrected chi connectivity index (χ3v) is 3.20. The lowest BCUT2D eigenvalue weighted by atomic mass is 10.0. The lowest BCUT2D eigenvalue weighted by Crippen LogP contribution is -2.40. The van der Waals surface area contributed by atoms with E-state index in [1.807, 2.05) is 32.4 Å². The molecule has 1 aromatic rings. The molecule has 5 heteroatoms. The zero-order valence-corrected chi connectivity index (χ0v) is 11.2. The second-order valence-electron chi connectivity index (χ2n) is 4.75. The summed E-state index contributed by atoms with van der Waals surface area (Å²) in [6.07, 6.45) is 0. The molecule has 0 aliphatic rings. The topological polar surface area (TPSA) is 78.1 Å². The molecule has 1 aromatic heterocycles. The molecule has 98 valence electrons. The molecule has 1 atom stereocenters. The van der Waals surface area contributed by atoms with Gasteiger partial charge in [0.1, 0.15) is 17.8 Å². The van der Waals surface area contributed by atoms with Crippen LogP contribution in [0.5, 0.6) is 0 Å². The zero-order valence-electron chi connectivity index (χ0n) is 11.2. The van der Waals surface area contributed by atoms with E-state index in [9.17, 15) is 4.79 Å². The van der Waals surface area contributed by atoms with Gasteiger partial charge in [0.15, 0.2) is 0 Å². The van der Waals surface area contributed by atoms with Crippen molar-refractivity contribution >= 4 is 5.97 Å². The quantitative estimate of drug-likeness (QED) is 0.827. The Labute approximate surface area is 107 Å². The van der Waals surface area contributed by atoms with Crippen molar-refractivity contribution in [2.24, 2.45) is 13.0 Å². The molecular formula is C13H19N3O2. The molecular weight excluding hydrogens is 230 g/mol. The van der Waals surface area contributed by atoms with Crippen molar-refractivity contribution in [1.82, 2.24) is 9.88 Å². The number of rotatable bonds is 5. The van der Waals surface area contributed by atoms with E-state index in [1.165, 1.54) is 0 Å². The molecule has 0 fully saturated rings. The third kappa shape index (κ3) is 2.90. The Morgan fingerprint density at radius 2 is 2.22 bits per heavy atom. The lowest BCUT2D eigenvalue weighted by molar-refractivity contribution is -0.140. The normalized spacial score (nSPS) is 12.4. The van der Waals surface area contributed by atoms with Gasteiger partial charge >= 0.3 is 5.97 Å². The van der Waals surface area contributed by atoms with Gasteiger partial charge in [0.05, 0.1) is 0 Å². The highest BCUT2D eigenvalue weighted by atomic mass is 16.4. The van der Waals surface area contributed by atoms with Gasteiger partial charge in [0.25, 0.3) is 0 Å². The highest BCUT2D eigenvalue weighted by Crippen LogP contribution is 2.14. The SMILES string of the molecule is Cc1c(CNC(C(=O)O)C(C)C)cc(C#N)n1C. The highest BCUT2D eigenvalue weighted by molar-refractivity contribution is 5.73. The van der Waals surface area contributed by atoms with Gasteiger partial charge in [-0.25, -0.2) is 0 Å². The average molecular weight is 249 g/mol. The van der Waals surface area contributed by atoms with E-state index in [1.54, 1.807) is 6.07 Å². The molecule has 1 rings (SSSR count). The molecule has 0 spiro atoms. The summed E-state index contributed by atoms with van der Waals surface area (Å²) in [7, 11) is 1.83. The summed E-state index contributed by atoms with van der Waals surface area (Å²) in [5.74, 6) is -0.832. The fraction of sp³-hybridized carbons (Fsp3) is 0.538. The maximum atomic E-state index is 11.1. The van der Waals surface area contributed by atoms with Crippen molar-refractivity contribution in [3.05, 3.63) is 23.0 Å². The largest absolute Gasteiger partial charge is 0.480 e. The summed E-state index contributed by atoms with van der Waals surface area (Å²) < 4.78 is 1.81. The predicted molar refractivity (Wildman–Crippen MR) is 68.0 cm³/mol. The Kier molecular flexibility index (Phi) is 4.51. The summed E-state index contributed by atoms with van der Waals surface area (Å²) >= 11 is 0. The zero-order chi connectivity index (χ0) is 13.9. The van der Waals surface area contributed by atoms with E-state index in [0.717, 1.165) is 11.3 Å². The lowest BCUT2D eigenvalue weighted by Gasteiger charge is -2.17. The molecule has 0 bridgehead atoms. The molecule has 0 radical (unpaired) electrons. The van der Waals surface area contributed by atoms with Gasteiger partial charge < -0.3 is 15.0 Å². The van der Waals surface area contributed by atoms with Gasteiger partial charge in [-0.05, 0) is 24.5 Å². The van der Waals surface area contributed by atoms with Gasteiger partial charge in [-0.2, -0.15) is 5.26 Å². The van der Waals surface area contributed by atoms with Gasteiger partial charge in [0.2, 0.25) is 0 Å². The molecule has 2 N–H and O–H groups in total. The monoisotopic (exact) mass is 249 g/mol. The second-order valence-corrected chi connectivity index (χ2v) is 4.75. The molecule has 0 aliphatic heterocycles. The first-order valence-electron chi connectivity index (χ1n) is 5.90. The molecule has 0 aromatic carbocycles. The maximum Gasteiger partial charge on any atom is 0.320 e. The van der Waals surface area contributed by atoms with E-state index in [2.05, 4.69) is 11.4 Å². The van der Waals surface area contributed by atoms with Crippen molar-refractivity contribution in [3.63, 3.8) is 0 Å². The molecule has 0 amide bonds. The number of nitriles is 1. The minimum Gasteiger partial charge on any atom is -0.480 e. The average Bonchev–Trinajstić information content (AvgIpc) is 2.56. The van der Waals surface area contributed by atoms with Gasteiger partial charge in [-0.3, -0.25) is 4.79 Å². The standard InChI is InChI=1S/C13H19N3O2/c1-8(2)12(13(17)18)15-7-10-5-11(6-14)16(4)9(10)3/h5,8,12,15H,7H2,1-4H3,(H,17,18). The molecule has 0 aliphatic carbocycles. The van der Waals surface area contributed by atoms with Crippen LogP contribution in [0.25, 0.3) is 0 Å². The van der Waals surface area contributed by atoms with Crippen LogP contribution in [-0.4, -0.2) is 21.7 Å². The molecule has 1 unspecified atom stereocenters. The molecule has 0 saturated heterocycles. The van der Waals surface area contributed by atoms with Crippen LogP contribution in [0.4, 0.5) is 0 Å². The van der Waals surface area contributed by atoms with Crippen molar-refractivity contribution in [2.45, 2.75) is 33.4 Å². The number of aromatic nitrogens is 1. The van der Waals surface area contributed by atoms with Crippen LogP contribution in [-0.2, 0) is 18.4 Å². The van der Waals surface area contributed by atoms with Crippen LogP contribution in [0.15, 0.2) is 6.07 Å². The molecule has 1 heterocycles. The minimum atomic E-state index is -0.848. The van der Waals surface area contributed by atoms with Crippen LogP contribution in [0.2, 0.25) is 0 Å². The maximum absolute atomic E-state index is 11.1. The molecule has 5 nitrogen and oxygen atoms in total. The van der Waals surface area contributed by atoms with E-state index in [0.29, 0.717) is 12.2 Å². The second kappa shape index (κ2) is 5.69. The molecule has 18 heavy (non-hydrogen) atoms. The first-order chi connectivity index (χ1) is 8.38. The summed E-state index contributed by atoms with van der Waals surface area (Å²) in [5, 5.41) is 21.0. The molecule has 0 saturated carbocycles. The van der Waals surface area contributed by atoms with Crippen LogP contribution in [0.1, 0.15) is 30.8 Å². The minimum absolute atomic E-state index is 0.0157. The van der Waals surface area contributed by atoms with Crippen LogP contribution >= 0.6 is 0 Å². The first kappa shape index (κ1) is 14.3. The number of carbonyl (C=O) groups is 1. The van der Waals surface area contributed by atoms with Crippen molar-refractivity contribution < 1.29 is 9.90 Å². The Hall–Kier alpha value is -1.80. The number of nitrogens with one attached hydrogen (secondary N) is 1. The number of hydrogen-bond acceptors (Lipinski definition) is 3. The van der Waals surface area contributed by atoms with E-state index < -0.39 is 12.0 Å². The number of hydrogen-bond donors (Lipinski definition) is 2. The summed E-state index contributed by atoms with van der Waals surface area (Å²) in [4.78, 5) is 11.1. The van der Waals surface area contributed by atoms with E-state index in [-0.39, 0.29) is 5.92 Å². The summed E-state index contributed by atoms with van der Waals surface area (Å²) in [6.45, 7) is 6.11. The van der Waals surface area contributed by atoms with Crippen molar-refractivity contribution in [3.8, 4) is 6.07 Å². The van der Waals surface area contributed by atoms with Gasteiger partial charge in [-0.15, -0.1) is 0 Å². The Morgan fingerprint density at radius 3 is 2.61 bits per heavy atom. The third-order valence-electron chi connectivity index (χ3n) is 3.20. The van der Waals surface area contributed by atoms with Gasteiger partial charge in [-0.1, -0.05) is 13.8 Å². The number of nitrogens with zero attached hydrogens (tertiary/aromatic N) is 2. The summed E-state index contributed by atoms with van der Waals surface area (Å²) in [5.41, 5.74) is 2.52. The van der Waals surface area contributed by atoms with Gasteiger partial charge in [0, 0.05) is 19.3 Å². The fourth-order valence-electron chi connectivity index (χ4n) is 1.88. The van der Waals surface area contributed by atoms with Crippen LogP contribution < -0.4 is 5.32 Å². The van der Waals surface area contributed by atoms with Crippen LogP contribution in [0.3, 0.4) is 0 Å². The van der Waals surface area contributed by atoms with Crippen molar-refractivity contribution in [2.75, 3.05) is 0 Å². The Bertz CT molecular complexity index is 483. The number of carboxylic acid groups (broad SMARTS) is 1. The van der Waals surface area contributed by atoms with Crippen LogP contribution in [0, 0.1) is 24.2 Å². The highest BCUT2D eigenvalue weighted by Gasteiger charge is 2.21. The van der Waals surface area contributed by atoms with E-state index in [4.69, 9.17) is 10.4 Å². The fourth-order valence-corrected chi connectivity index (χ4v) is 1.88. The number of aliphatic carboxylic acids is 1. The Morgan fingerprint density at radius 1 is 1.61 bits per heavy atom. The Balaban J connectivity index is 2.81. The summed E-state index contributed by atoms with van der Waals surface area (Å²) in [6, 6.07) is 3.33. The number of carboxylic acids is 1. The van der Waals surface area contributed by atoms with Crippen molar-refractivity contribution in [1.29, 1.82) is 5.26 Å². The first-order valence-corrected chi connectivity index (χ1v) is 5.90. The smallest absolute Gasteiger partial charge is 0.320 e.